The molecule has 0 aliphatic carbocycles. The summed E-state index contributed by atoms with van der Waals surface area (Å²) in [6, 6.07) is 78.5. The highest BCUT2D eigenvalue weighted by Gasteiger charge is 2.25. The average molecular weight is 943 g/mol. The number of furan rings is 2. The van der Waals surface area contributed by atoms with Crippen LogP contribution in [0.2, 0.25) is 0 Å². The topological polar surface area (TPSA) is 53.0 Å². The number of hydrogen-bond acceptors (Lipinski definition) is 5. The van der Waals surface area contributed by atoms with Crippen LogP contribution in [-0.4, -0.2) is 5.11 Å². The molecule has 0 amide bonds. The van der Waals surface area contributed by atoms with Gasteiger partial charge in [0, 0.05) is 72.8 Å². The highest BCUT2D eigenvalue weighted by Crippen LogP contribution is 2.49. The summed E-state index contributed by atoms with van der Waals surface area (Å²) < 4.78 is 14.2. The molecule has 0 unspecified atom stereocenters. The van der Waals surface area contributed by atoms with E-state index in [0.29, 0.717) is 0 Å². The molecular formula is C68H50N2O3. The third kappa shape index (κ3) is 7.39. The Kier molecular flexibility index (Phi) is 10.5. The Morgan fingerprint density at radius 1 is 0.315 bits per heavy atom. The Morgan fingerprint density at radius 3 is 1.52 bits per heavy atom. The normalized spacial score (nSPS) is 11.6. The molecule has 0 spiro atoms. The van der Waals surface area contributed by atoms with Crippen LogP contribution < -0.4 is 9.80 Å². The number of nitrogens with zero attached hydrogens (tertiary/aromatic N) is 2. The quantitative estimate of drug-likeness (QED) is 0.156. The van der Waals surface area contributed by atoms with Gasteiger partial charge in [0.25, 0.3) is 0 Å². The van der Waals surface area contributed by atoms with E-state index in [1.807, 2.05) is 54.6 Å². The molecule has 2 aromatic heterocycles. The molecule has 0 saturated heterocycles. The van der Waals surface area contributed by atoms with Crippen molar-refractivity contribution in [3.63, 3.8) is 0 Å². The minimum absolute atomic E-state index is 0.250. The van der Waals surface area contributed by atoms with E-state index in [0.717, 1.165) is 122 Å². The number of aryl methyl sites for hydroxylation is 4. The van der Waals surface area contributed by atoms with Crippen LogP contribution in [0.3, 0.4) is 0 Å². The molecule has 0 radical (unpaired) electrons. The molecule has 0 fully saturated rings. The molecule has 350 valence electrons. The first-order chi connectivity index (χ1) is 35.8. The minimum Gasteiger partial charge on any atom is -0.507 e. The van der Waals surface area contributed by atoms with Gasteiger partial charge in [-0.15, -0.1) is 0 Å². The van der Waals surface area contributed by atoms with Crippen molar-refractivity contribution in [2.75, 3.05) is 9.80 Å². The zero-order valence-electron chi connectivity index (χ0n) is 41.0. The van der Waals surface area contributed by atoms with E-state index in [9.17, 15) is 5.11 Å². The molecule has 5 heteroatoms. The van der Waals surface area contributed by atoms with Crippen LogP contribution >= 0.6 is 0 Å². The Hall–Kier alpha value is -9.32. The summed E-state index contributed by atoms with van der Waals surface area (Å²) >= 11 is 0. The molecule has 13 aromatic rings. The minimum atomic E-state index is 0.250. The Balaban J connectivity index is 0.995. The molecule has 11 aromatic carbocycles. The number of phenolic OH excluding ortho intramolecular Hbond substituents is 1. The van der Waals surface area contributed by atoms with Crippen LogP contribution in [0, 0.1) is 27.7 Å². The molecule has 2 heterocycles. The first-order valence-corrected chi connectivity index (χ1v) is 24.9. The molecule has 13 rings (SSSR count). The first kappa shape index (κ1) is 43.7. The van der Waals surface area contributed by atoms with Gasteiger partial charge in [0.2, 0.25) is 0 Å². The van der Waals surface area contributed by atoms with Gasteiger partial charge in [-0.05, 0) is 127 Å². The smallest absolute Gasteiger partial charge is 0.159 e. The fourth-order valence-corrected chi connectivity index (χ4v) is 10.8. The second-order valence-corrected chi connectivity index (χ2v) is 19.2. The maximum atomic E-state index is 11.9. The Bertz CT molecular complexity index is 4280. The molecule has 5 nitrogen and oxygen atoms in total. The largest absolute Gasteiger partial charge is 0.507 e. The van der Waals surface area contributed by atoms with E-state index in [1.165, 1.54) is 22.3 Å². The van der Waals surface area contributed by atoms with Crippen LogP contribution in [0.15, 0.2) is 233 Å². The van der Waals surface area contributed by atoms with Crippen LogP contribution in [0.1, 0.15) is 22.3 Å². The molecule has 0 saturated carbocycles. The van der Waals surface area contributed by atoms with Gasteiger partial charge >= 0.3 is 0 Å². The summed E-state index contributed by atoms with van der Waals surface area (Å²) in [6.07, 6.45) is 0. The lowest BCUT2D eigenvalue weighted by molar-refractivity contribution is 0.479. The van der Waals surface area contributed by atoms with Crippen molar-refractivity contribution in [1.29, 1.82) is 0 Å². The van der Waals surface area contributed by atoms with Crippen molar-refractivity contribution in [3.8, 4) is 39.1 Å². The Labute approximate surface area is 424 Å². The maximum absolute atomic E-state index is 11.9. The molecule has 0 bridgehead atoms. The fraction of sp³-hybridized carbons (Fsp3) is 0.0588. The third-order valence-corrected chi connectivity index (χ3v) is 14.8. The van der Waals surface area contributed by atoms with E-state index in [4.69, 9.17) is 8.83 Å². The van der Waals surface area contributed by atoms with Gasteiger partial charge < -0.3 is 23.7 Å². The molecule has 0 aliphatic rings. The standard InChI is InChI=1S/C68H50N2O3/c1-42-31-33-50(37-44(42)3)69(61-30-16-29-59-58-28-15-27-55(67(58)73-68(59)61)47-19-9-6-10-20-47)52-35-36-60-63(40-52)72-64-41-62(56-23-11-12-24-57(56)65(60)64)70(51-34-32-43(2)45(4)38-51)49-22-13-21-48(39-49)54-26-14-25-53(66(54)71)46-17-7-5-8-18-46/h5-41,71H,1-4H3. The van der Waals surface area contributed by atoms with E-state index in [2.05, 4.69) is 207 Å². The second kappa shape index (κ2) is 17.5. The van der Waals surface area contributed by atoms with E-state index >= 15 is 0 Å². The van der Waals surface area contributed by atoms with Gasteiger partial charge in [0.1, 0.15) is 22.5 Å². The van der Waals surface area contributed by atoms with Gasteiger partial charge in [0.05, 0.1) is 17.1 Å². The summed E-state index contributed by atoms with van der Waals surface area (Å²) in [6.45, 7) is 8.63. The summed E-state index contributed by atoms with van der Waals surface area (Å²) in [5, 5.41) is 18.2. The number of aromatic hydroxyl groups is 1. The van der Waals surface area contributed by atoms with Gasteiger partial charge in [-0.2, -0.15) is 0 Å². The third-order valence-electron chi connectivity index (χ3n) is 14.8. The van der Waals surface area contributed by atoms with Crippen molar-refractivity contribution in [2.24, 2.45) is 0 Å². The summed E-state index contributed by atoms with van der Waals surface area (Å²) in [5.41, 5.74) is 19.5. The summed E-state index contributed by atoms with van der Waals surface area (Å²) in [5.74, 6) is 0.250. The number of para-hydroxylation sites is 3. The maximum Gasteiger partial charge on any atom is 0.159 e. The highest BCUT2D eigenvalue weighted by molar-refractivity contribution is 6.23. The van der Waals surface area contributed by atoms with E-state index < -0.39 is 0 Å². The molecule has 73 heavy (non-hydrogen) atoms. The fourth-order valence-electron chi connectivity index (χ4n) is 10.8. The predicted molar refractivity (Wildman–Crippen MR) is 305 cm³/mol. The number of fused-ring (bicyclic) bond motifs is 8. The van der Waals surface area contributed by atoms with Crippen molar-refractivity contribution in [1.82, 2.24) is 0 Å². The lowest BCUT2D eigenvalue weighted by Crippen LogP contribution is -2.11. The van der Waals surface area contributed by atoms with Crippen LogP contribution in [0.25, 0.3) is 88.0 Å². The number of phenols is 1. The zero-order chi connectivity index (χ0) is 49.3. The molecule has 0 aliphatic heterocycles. The van der Waals surface area contributed by atoms with Gasteiger partial charge in [-0.3, -0.25) is 0 Å². The Morgan fingerprint density at radius 2 is 0.822 bits per heavy atom. The zero-order valence-corrected chi connectivity index (χ0v) is 41.0. The predicted octanol–water partition coefficient (Wildman–Crippen LogP) is 19.5. The highest BCUT2D eigenvalue weighted by atomic mass is 16.3. The number of hydrogen-bond donors (Lipinski definition) is 1. The monoisotopic (exact) mass is 942 g/mol. The van der Waals surface area contributed by atoms with Crippen LogP contribution in [0.5, 0.6) is 5.75 Å². The molecule has 1 N–H and O–H groups in total. The second-order valence-electron chi connectivity index (χ2n) is 19.2. The molecular weight excluding hydrogens is 893 g/mol. The van der Waals surface area contributed by atoms with Crippen molar-refractivity contribution >= 4 is 88.8 Å². The lowest BCUT2D eigenvalue weighted by atomic mass is 9.96. The number of benzene rings is 11. The summed E-state index contributed by atoms with van der Waals surface area (Å²) in [7, 11) is 0. The lowest BCUT2D eigenvalue weighted by Gasteiger charge is -2.28. The van der Waals surface area contributed by atoms with Crippen molar-refractivity contribution in [2.45, 2.75) is 27.7 Å². The first-order valence-electron chi connectivity index (χ1n) is 24.9. The van der Waals surface area contributed by atoms with Crippen molar-refractivity contribution in [3.05, 3.63) is 247 Å². The number of rotatable bonds is 9. The molecule has 0 atom stereocenters. The average Bonchev–Trinajstić information content (AvgIpc) is 4.00. The van der Waals surface area contributed by atoms with Gasteiger partial charge in [-0.25, -0.2) is 0 Å². The van der Waals surface area contributed by atoms with Gasteiger partial charge in [0.15, 0.2) is 5.58 Å². The van der Waals surface area contributed by atoms with E-state index in [1.54, 1.807) is 0 Å². The SMILES string of the molecule is Cc1ccc(N(c2cccc(-c3cccc(-c4ccccc4)c3O)c2)c2cc3oc4cc(N(c5ccc(C)c(C)c5)c5cccc6c5oc5c(-c7ccccc7)cccc56)ccc4c3c3ccccc23)cc1C. The van der Waals surface area contributed by atoms with Gasteiger partial charge in [-0.1, -0.05) is 158 Å². The summed E-state index contributed by atoms with van der Waals surface area (Å²) in [4.78, 5) is 4.63. The van der Waals surface area contributed by atoms with Crippen LogP contribution in [-0.2, 0) is 0 Å². The van der Waals surface area contributed by atoms with Crippen molar-refractivity contribution < 1.29 is 13.9 Å². The van der Waals surface area contributed by atoms with E-state index in [-0.39, 0.29) is 5.75 Å². The number of anilines is 6. The van der Waals surface area contributed by atoms with Crippen LogP contribution in [0.4, 0.5) is 34.1 Å².